The monoisotopic (exact) mass is 371 g/mol. The number of halogens is 1. The molecule has 0 amide bonds. The van der Waals surface area contributed by atoms with Crippen LogP contribution in [0.1, 0.15) is 5.69 Å². The minimum Gasteiger partial charge on any atom is -0.494 e. The number of hydrogen-bond donors (Lipinski definition) is 0. The van der Waals surface area contributed by atoms with Gasteiger partial charge in [-0.25, -0.2) is 14.1 Å². The SMILES string of the molecule is COc1cc(F)cc2c1nc(SCc1ccccn1)n2-c1nnnn1C. The van der Waals surface area contributed by atoms with E-state index in [-0.39, 0.29) is 0 Å². The Bertz CT molecular complexity index is 1060. The number of ether oxygens (including phenoxy) is 1. The van der Waals surface area contributed by atoms with E-state index in [1.54, 1.807) is 17.8 Å². The van der Waals surface area contributed by atoms with E-state index in [4.69, 9.17) is 4.74 Å². The molecule has 0 saturated heterocycles. The molecule has 0 aliphatic heterocycles. The zero-order valence-electron chi connectivity index (χ0n) is 14.0. The minimum absolute atomic E-state index is 0.355. The number of rotatable bonds is 5. The highest BCUT2D eigenvalue weighted by Gasteiger charge is 2.21. The molecule has 132 valence electrons. The van der Waals surface area contributed by atoms with Crippen molar-refractivity contribution in [3.8, 4) is 11.7 Å². The molecule has 0 saturated carbocycles. The Kier molecular flexibility index (Phi) is 4.25. The van der Waals surface area contributed by atoms with Gasteiger partial charge in [0.2, 0.25) is 0 Å². The minimum atomic E-state index is -0.424. The van der Waals surface area contributed by atoms with Gasteiger partial charge in [-0.15, -0.1) is 0 Å². The molecule has 3 aromatic heterocycles. The first-order valence-corrected chi connectivity index (χ1v) is 8.67. The standard InChI is InChI=1S/C16H14FN7OS/c1-23-15(20-21-22-23)24-12-7-10(17)8-13(25-2)14(12)19-16(24)26-9-11-5-3-4-6-18-11/h3-8H,9H2,1-2H3. The van der Waals surface area contributed by atoms with Gasteiger partial charge in [0.15, 0.2) is 5.16 Å². The van der Waals surface area contributed by atoms with Gasteiger partial charge in [0.05, 0.1) is 18.3 Å². The summed E-state index contributed by atoms with van der Waals surface area (Å²) in [6.45, 7) is 0. The van der Waals surface area contributed by atoms with Crippen LogP contribution in [0.2, 0.25) is 0 Å². The summed E-state index contributed by atoms with van der Waals surface area (Å²) in [5.74, 6) is 0.962. The molecule has 1 aromatic carbocycles. The lowest BCUT2D eigenvalue weighted by Crippen LogP contribution is -2.06. The Morgan fingerprint density at radius 3 is 2.85 bits per heavy atom. The molecule has 0 N–H and O–H groups in total. The van der Waals surface area contributed by atoms with Crippen molar-refractivity contribution in [3.05, 3.63) is 48.0 Å². The van der Waals surface area contributed by atoms with Gasteiger partial charge in [-0.05, 0) is 22.6 Å². The summed E-state index contributed by atoms with van der Waals surface area (Å²) in [5.41, 5.74) is 1.98. The highest BCUT2D eigenvalue weighted by molar-refractivity contribution is 7.98. The van der Waals surface area contributed by atoms with Gasteiger partial charge in [0.1, 0.15) is 17.1 Å². The number of imidazole rings is 1. The fourth-order valence-corrected chi connectivity index (χ4v) is 3.49. The predicted octanol–water partition coefficient (Wildman–Crippen LogP) is 2.38. The lowest BCUT2D eigenvalue weighted by molar-refractivity contribution is 0.415. The van der Waals surface area contributed by atoms with E-state index >= 15 is 0 Å². The number of methoxy groups -OCH3 is 1. The number of nitrogens with zero attached hydrogens (tertiary/aromatic N) is 7. The zero-order chi connectivity index (χ0) is 18.1. The molecule has 8 nitrogen and oxygen atoms in total. The average molecular weight is 371 g/mol. The van der Waals surface area contributed by atoms with Gasteiger partial charge in [0.25, 0.3) is 5.95 Å². The highest BCUT2D eigenvalue weighted by Crippen LogP contribution is 2.33. The largest absolute Gasteiger partial charge is 0.494 e. The first-order chi connectivity index (χ1) is 12.7. The van der Waals surface area contributed by atoms with E-state index in [9.17, 15) is 4.39 Å². The van der Waals surface area contributed by atoms with Gasteiger partial charge in [0, 0.05) is 31.1 Å². The van der Waals surface area contributed by atoms with Crippen molar-refractivity contribution in [1.29, 1.82) is 0 Å². The van der Waals surface area contributed by atoms with Gasteiger partial charge in [-0.2, -0.15) is 0 Å². The smallest absolute Gasteiger partial charge is 0.256 e. The van der Waals surface area contributed by atoms with Crippen molar-refractivity contribution in [1.82, 2.24) is 34.7 Å². The third-order valence-electron chi connectivity index (χ3n) is 3.75. The Balaban J connectivity index is 1.86. The van der Waals surface area contributed by atoms with Crippen molar-refractivity contribution in [3.63, 3.8) is 0 Å². The van der Waals surface area contributed by atoms with E-state index in [1.165, 1.54) is 35.7 Å². The summed E-state index contributed by atoms with van der Waals surface area (Å²) in [7, 11) is 3.20. The molecule has 4 aromatic rings. The third kappa shape index (κ3) is 2.88. The van der Waals surface area contributed by atoms with Crippen LogP contribution in [-0.4, -0.2) is 41.9 Å². The lowest BCUT2D eigenvalue weighted by Gasteiger charge is -2.07. The summed E-state index contributed by atoms with van der Waals surface area (Å²) in [6, 6.07) is 8.43. The summed E-state index contributed by atoms with van der Waals surface area (Å²) in [4.78, 5) is 8.95. The van der Waals surface area contributed by atoms with Crippen LogP contribution in [0.3, 0.4) is 0 Å². The van der Waals surface area contributed by atoms with Crippen LogP contribution in [0.25, 0.3) is 17.0 Å². The van der Waals surface area contributed by atoms with E-state index < -0.39 is 5.82 Å². The number of pyridine rings is 1. The fourth-order valence-electron chi connectivity index (χ4n) is 2.57. The predicted molar refractivity (Wildman–Crippen MR) is 93.7 cm³/mol. The number of tetrazole rings is 1. The number of fused-ring (bicyclic) bond motifs is 1. The van der Waals surface area contributed by atoms with Crippen molar-refractivity contribution >= 4 is 22.8 Å². The number of thioether (sulfide) groups is 1. The van der Waals surface area contributed by atoms with Crippen LogP contribution in [0.15, 0.2) is 41.7 Å². The lowest BCUT2D eigenvalue weighted by atomic mass is 10.3. The first-order valence-electron chi connectivity index (χ1n) is 7.69. The molecule has 3 heterocycles. The number of benzene rings is 1. The molecule has 10 heteroatoms. The van der Waals surface area contributed by atoms with Crippen molar-refractivity contribution in [2.75, 3.05) is 7.11 Å². The van der Waals surface area contributed by atoms with Crippen LogP contribution in [-0.2, 0) is 12.8 Å². The molecule has 0 radical (unpaired) electrons. The van der Waals surface area contributed by atoms with Gasteiger partial charge in [-0.3, -0.25) is 9.55 Å². The topological polar surface area (TPSA) is 83.5 Å². The second-order valence-corrected chi connectivity index (χ2v) is 6.36. The maximum atomic E-state index is 14.1. The number of aryl methyl sites for hydroxylation is 1. The summed E-state index contributed by atoms with van der Waals surface area (Å²) >= 11 is 1.46. The molecule has 0 bridgehead atoms. The van der Waals surface area contributed by atoms with Crippen molar-refractivity contribution in [2.45, 2.75) is 10.9 Å². The molecule has 26 heavy (non-hydrogen) atoms. The maximum absolute atomic E-state index is 14.1. The van der Waals surface area contributed by atoms with Crippen LogP contribution in [0.4, 0.5) is 4.39 Å². The quantitative estimate of drug-likeness (QED) is 0.498. The molecule has 0 spiro atoms. The highest BCUT2D eigenvalue weighted by atomic mass is 32.2. The Morgan fingerprint density at radius 2 is 2.15 bits per heavy atom. The molecule has 0 unspecified atom stereocenters. The molecule has 4 rings (SSSR count). The second kappa shape index (κ2) is 6.71. The summed E-state index contributed by atoms with van der Waals surface area (Å²) < 4.78 is 22.6. The Hall–Kier alpha value is -3.01. The zero-order valence-corrected chi connectivity index (χ0v) is 14.8. The Morgan fingerprint density at radius 1 is 1.27 bits per heavy atom. The summed E-state index contributed by atoms with van der Waals surface area (Å²) in [6.07, 6.45) is 1.74. The van der Waals surface area contributed by atoms with E-state index in [0.717, 1.165) is 5.69 Å². The van der Waals surface area contributed by atoms with Crippen LogP contribution < -0.4 is 4.74 Å². The average Bonchev–Trinajstić information content (AvgIpc) is 3.22. The number of aromatic nitrogens is 7. The fraction of sp³-hybridized carbons (Fsp3) is 0.188. The maximum Gasteiger partial charge on any atom is 0.256 e. The third-order valence-corrected chi connectivity index (χ3v) is 4.72. The molecule has 0 fully saturated rings. The molecular formula is C16H14FN7OS. The first kappa shape index (κ1) is 16.5. The summed E-state index contributed by atoms with van der Waals surface area (Å²) in [5, 5.41) is 12.2. The van der Waals surface area contributed by atoms with E-state index in [1.807, 2.05) is 18.2 Å². The molecule has 0 atom stereocenters. The molecular weight excluding hydrogens is 357 g/mol. The number of hydrogen-bond acceptors (Lipinski definition) is 7. The second-order valence-electron chi connectivity index (χ2n) is 5.42. The van der Waals surface area contributed by atoms with Crippen LogP contribution in [0, 0.1) is 5.82 Å². The van der Waals surface area contributed by atoms with Crippen molar-refractivity contribution < 1.29 is 9.13 Å². The van der Waals surface area contributed by atoms with Crippen LogP contribution in [0.5, 0.6) is 5.75 Å². The molecule has 0 aliphatic carbocycles. The normalized spacial score (nSPS) is 11.2. The van der Waals surface area contributed by atoms with Crippen LogP contribution >= 0.6 is 11.8 Å². The van der Waals surface area contributed by atoms with Gasteiger partial charge in [-0.1, -0.05) is 22.9 Å². The molecule has 0 aliphatic rings. The van der Waals surface area contributed by atoms with Gasteiger partial charge >= 0.3 is 0 Å². The van der Waals surface area contributed by atoms with E-state index in [2.05, 4.69) is 25.5 Å². The van der Waals surface area contributed by atoms with E-state index in [0.29, 0.717) is 33.6 Å². The Labute approximate surface area is 152 Å². The van der Waals surface area contributed by atoms with Crippen molar-refractivity contribution in [2.24, 2.45) is 7.05 Å². The van der Waals surface area contributed by atoms with Gasteiger partial charge < -0.3 is 4.74 Å².